The fourth-order valence-corrected chi connectivity index (χ4v) is 2.45. The molecule has 0 bridgehead atoms. The molecule has 1 aliphatic heterocycles. The van der Waals surface area contributed by atoms with Gasteiger partial charge in [0.2, 0.25) is 5.91 Å². The van der Waals surface area contributed by atoms with Crippen LogP contribution in [0.25, 0.3) is 0 Å². The van der Waals surface area contributed by atoms with E-state index in [0.717, 1.165) is 29.7 Å². The summed E-state index contributed by atoms with van der Waals surface area (Å²) in [6.07, 6.45) is 1.66. The number of hydrogen-bond acceptors (Lipinski definition) is 2. The minimum absolute atomic E-state index is 0.0220. The number of carboxylic acid groups (broad SMARTS) is 1. The number of amides is 1. The number of anilines is 1. The molecule has 0 saturated carbocycles. The first-order valence-electron chi connectivity index (χ1n) is 6.61. The molecule has 0 saturated heterocycles. The molecule has 102 valence electrons. The van der Waals surface area contributed by atoms with Crippen LogP contribution in [0.1, 0.15) is 30.9 Å². The highest BCUT2D eigenvalue weighted by Gasteiger charge is 2.27. The standard InChI is InChI=1S/C15H19NO3/c1-10-3-5-12-6-4-11(2)15(19)16(13(12)9-10)8-7-14(17)18/h3,5,9,11H,4,6-8H2,1-2H3,(H,17,18). The maximum atomic E-state index is 12.4. The second-order valence-corrected chi connectivity index (χ2v) is 5.21. The largest absolute Gasteiger partial charge is 0.481 e. The first-order valence-corrected chi connectivity index (χ1v) is 6.61. The van der Waals surface area contributed by atoms with Gasteiger partial charge in [-0.05, 0) is 37.0 Å². The minimum Gasteiger partial charge on any atom is -0.481 e. The summed E-state index contributed by atoms with van der Waals surface area (Å²) in [4.78, 5) is 24.8. The summed E-state index contributed by atoms with van der Waals surface area (Å²) >= 11 is 0. The third-order valence-corrected chi connectivity index (χ3v) is 3.62. The predicted molar refractivity (Wildman–Crippen MR) is 73.3 cm³/mol. The van der Waals surface area contributed by atoms with Crippen LogP contribution in [-0.2, 0) is 16.0 Å². The highest BCUT2D eigenvalue weighted by molar-refractivity contribution is 5.96. The summed E-state index contributed by atoms with van der Waals surface area (Å²) in [6, 6.07) is 6.06. The van der Waals surface area contributed by atoms with E-state index >= 15 is 0 Å². The average Bonchev–Trinajstić information content (AvgIpc) is 2.46. The molecule has 1 amide bonds. The van der Waals surface area contributed by atoms with E-state index in [0.29, 0.717) is 0 Å². The van der Waals surface area contributed by atoms with Crippen molar-refractivity contribution in [2.45, 2.75) is 33.1 Å². The number of aryl methyl sites for hydroxylation is 2. The summed E-state index contributed by atoms with van der Waals surface area (Å²) in [5.41, 5.74) is 3.10. The van der Waals surface area contributed by atoms with Gasteiger partial charge in [-0.3, -0.25) is 9.59 Å². The van der Waals surface area contributed by atoms with Crippen molar-refractivity contribution in [2.24, 2.45) is 5.92 Å². The molecule has 0 aliphatic carbocycles. The molecule has 1 aromatic rings. The van der Waals surface area contributed by atoms with Crippen molar-refractivity contribution in [3.8, 4) is 0 Å². The number of carbonyl (C=O) groups excluding carboxylic acids is 1. The van der Waals surface area contributed by atoms with E-state index in [1.54, 1.807) is 4.90 Å². The first-order chi connectivity index (χ1) is 8.99. The summed E-state index contributed by atoms with van der Waals surface area (Å²) in [5.74, 6) is -0.897. The van der Waals surface area contributed by atoms with E-state index in [9.17, 15) is 9.59 Å². The lowest BCUT2D eigenvalue weighted by atomic mass is 10.0. The lowest BCUT2D eigenvalue weighted by Crippen LogP contribution is -2.36. The van der Waals surface area contributed by atoms with Gasteiger partial charge >= 0.3 is 5.97 Å². The molecule has 4 nitrogen and oxygen atoms in total. The van der Waals surface area contributed by atoms with Crippen molar-refractivity contribution in [1.82, 2.24) is 0 Å². The van der Waals surface area contributed by atoms with Crippen LogP contribution in [0, 0.1) is 12.8 Å². The lowest BCUT2D eigenvalue weighted by molar-refractivity contribution is -0.136. The van der Waals surface area contributed by atoms with Gasteiger partial charge in [-0.1, -0.05) is 19.1 Å². The Bertz CT molecular complexity index is 510. The second-order valence-electron chi connectivity index (χ2n) is 5.21. The Balaban J connectivity index is 2.37. The monoisotopic (exact) mass is 261 g/mol. The van der Waals surface area contributed by atoms with Crippen LogP contribution < -0.4 is 4.90 Å². The van der Waals surface area contributed by atoms with E-state index in [-0.39, 0.29) is 24.8 Å². The smallest absolute Gasteiger partial charge is 0.305 e. The molecule has 1 aromatic carbocycles. The van der Waals surface area contributed by atoms with Crippen LogP contribution in [0.5, 0.6) is 0 Å². The number of carbonyl (C=O) groups is 2. The maximum absolute atomic E-state index is 12.4. The third kappa shape index (κ3) is 2.95. The quantitative estimate of drug-likeness (QED) is 0.908. The van der Waals surface area contributed by atoms with E-state index in [1.807, 2.05) is 32.0 Å². The Morgan fingerprint density at radius 1 is 1.47 bits per heavy atom. The molecule has 1 unspecified atom stereocenters. The molecule has 1 aliphatic rings. The second kappa shape index (κ2) is 5.43. The van der Waals surface area contributed by atoms with Crippen LogP contribution >= 0.6 is 0 Å². The normalized spacial score (nSPS) is 18.9. The van der Waals surface area contributed by atoms with Gasteiger partial charge in [-0.15, -0.1) is 0 Å². The van der Waals surface area contributed by atoms with Gasteiger partial charge in [-0.2, -0.15) is 0 Å². The minimum atomic E-state index is -0.876. The van der Waals surface area contributed by atoms with Gasteiger partial charge in [0.05, 0.1) is 6.42 Å². The first kappa shape index (κ1) is 13.6. The summed E-state index contributed by atoms with van der Waals surface area (Å²) in [5, 5.41) is 8.83. The topological polar surface area (TPSA) is 57.6 Å². The summed E-state index contributed by atoms with van der Waals surface area (Å²) < 4.78 is 0. The van der Waals surface area contributed by atoms with Crippen molar-refractivity contribution in [1.29, 1.82) is 0 Å². The number of fused-ring (bicyclic) bond motifs is 1. The molecular weight excluding hydrogens is 242 g/mol. The summed E-state index contributed by atoms with van der Waals surface area (Å²) in [6.45, 7) is 4.14. The van der Waals surface area contributed by atoms with Crippen molar-refractivity contribution < 1.29 is 14.7 Å². The molecule has 0 aromatic heterocycles. The molecule has 1 atom stereocenters. The number of nitrogens with zero attached hydrogens (tertiary/aromatic N) is 1. The van der Waals surface area contributed by atoms with Gasteiger partial charge in [0.25, 0.3) is 0 Å². The highest BCUT2D eigenvalue weighted by atomic mass is 16.4. The van der Waals surface area contributed by atoms with Gasteiger partial charge < -0.3 is 10.0 Å². The molecule has 2 rings (SSSR count). The number of carboxylic acids is 1. The maximum Gasteiger partial charge on any atom is 0.305 e. The number of rotatable bonds is 3. The zero-order valence-corrected chi connectivity index (χ0v) is 11.3. The number of hydrogen-bond donors (Lipinski definition) is 1. The van der Waals surface area contributed by atoms with E-state index in [4.69, 9.17) is 5.11 Å². The molecular formula is C15H19NO3. The third-order valence-electron chi connectivity index (χ3n) is 3.62. The predicted octanol–water partition coefficient (Wildman–Crippen LogP) is 2.39. The van der Waals surface area contributed by atoms with Crippen molar-refractivity contribution in [3.63, 3.8) is 0 Å². The fraction of sp³-hybridized carbons (Fsp3) is 0.467. The Morgan fingerprint density at radius 2 is 2.21 bits per heavy atom. The van der Waals surface area contributed by atoms with Crippen molar-refractivity contribution >= 4 is 17.6 Å². The van der Waals surface area contributed by atoms with E-state index < -0.39 is 5.97 Å². The summed E-state index contributed by atoms with van der Waals surface area (Å²) in [7, 11) is 0. The van der Waals surface area contributed by atoms with E-state index in [1.165, 1.54) is 0 Å². The van der Waals surface area contributed by atoms with Crippen LogP contribution in [0.2, 0.25) is 0 Å². The molecule has 1 N–H and O–H groups in total. The molecule has 0 fully saturated rings. The van der Waals surface area contributed by atoms with Gasteiger partial charge in [0, 0.05) is 18.2 Å². The number of benzene rings is 1. The Hall–Kier alpha value is -1.84. The van der Waals surface area contributed by atoms with Crippen molar-refractivity contribution in [2.75, 3.05) is 11.4 Å². The van der Waals surface area contributed by atoms with Crippen LogP contribution in [0.3, 0.4) is 0 Å². The van der Waals surface area contributed by atoms with Gasteiger partial charge in [-0.25, -0.2) is 0 Å². The van der Waals surface area contributed by atoms with Gasteiger partial charge in [0.15, 0.2) is 0 Å². The zero-order chi connectivity index (χ0) is 14.0. The molecule has 0 radical (unpaired) electrons. The van der Waals surface area contributed by atoms with Crippen LogP contribution in [0.4, 0.5) is 5.69 Å². The Morgan fingerprint density at radius 3 is 2.89 bits per heavy atom. The highest BCUT2D eigenvalue weighted by Crippen LogP contribution is 2.30. The molecule has 1 heterocycles. The molecule has 4 heteroatoms. The van der Waals surface area contributed by atoms with Gasteiger partial charge in [0.1, 0.15) is 0 Å². The SMILES string of the molecule is Cc1ccc2c(c1)N(CCC(=O)O)C(=O)C(C)CC2. The lowest BCUT2D eigenvalue weighted by Gasteiger charge is -2.24. The average molecular weight is 261 g/mol. The van der Waals surface area contributed by atoms with E-state index in [2.05, 4.69) is 0 Å². The molecule has 0 spiro atoms. The Kier molecular flexibility index (Phi) is 3.88. The number of aliphatic carboxylic acids is 1. The Labute approximate surface area is 113 Å². The van der Waals surface area contributed by atoms with Crippen LogP contribution in [0.15, 0.2) is 18.2 Å². The van der Waals surface area contributed by atoms with Crippen molar-refractivity contribution in [3.05, 3.63) is 29.3 Å². The fourth-order valence-electron chi connectivity index (χ4n) is 2.45. The van der Waals surface area contributed by atoms with Crippen LogP contribution in [-0.4, -0.2) is 23.5 Å². The zero-order valence-electron chi connectivity index (χ0n) is 11.3. The molecule has 19 heavy (non-hydrogen) atoms.